The molecule has 1 aromatic rings. The molecule has 2 aliphatic rings. The number of carbonyl (C=O) groups excluding carboxylic acids is 3. The molecule has 0 saturated carbocycles. The summed E-state index contributed by atoms with van der Waals surface area (Å²) in [6, 6.07) is 9.25. The highest BCUT2D eigenvalue weighted by atomic mass is 16.2. The molecule has 152 valence electrons. The fourth-order valence-corrected chi connectivity index (χ4v) is 3.87. The monoisotopic (exact) mass is 386 g/mol. The van der Waals surface area contributed by atoms with Crippen LogP contribution in [0.5, 0.6) is 0 Å². The lowest BCUT2D eigenvalue weighted by Gasteiger charge is -2.34. The van der Waals surface area contributed by atoms with Gasteiger partial charge in [-0.2, -0.15) is 0 Å². The van der Waals surface area contributed by atoms with Crippen LogP contribution in [0.15, 0.2) is 30.3 Å². The summed E-state index contributed by atoms with van der Waals surface area (Å²) < 4.78 is 0. The largest absolute Gasteiger partial charge is 0.354 e. The fourth-order valence-electron chi connectivity index (χ4n) is 3.87. The summed E-state index contributed by atoms with van der Waals surface area (Å²) in [5.74, 6) is -0.0704. The number of nitrogens with zero attached hydrogens (tertiary/aromatic N) is 3. The molecule has 1 unspecified atom stereocenters. The van der Waals surface area contributed by atoms with Crippen LogP contribution in [0.25, 0.3) is 0 Å². The predicted octanol–water partition coefficient (Wildman–Crippen LogP) is 0.848. The van der Waals surface area contributed by atoms with E-state index in [1.165, 1.54) is 0 Å². The molecule has 2 fully saturated rings. The number of hydrogen-bond acceptors (Lipinski definition) is 4. The molecule has 0 aliphatic carbocycles. The van der Waals surface area contributed by atoms with Crippen molar-refractivity contribution in [3.63, 3.8) is 0 Å². The lowest BCUT2D eigenvalue weighted by atomic mass is 10.1. The van der Waals surface area contributed by atoms with Crippen LogP contribution in [0.3, 0.4) is 0 Å². The summed E-state index contributed by atoms with van der Waals surface area (Å²) in [6.07, 6.45) is 1.23. The van der Waals surface area contributed by atoms with Crippen molar-refractivity contribution in [1.29, 1.82) is 0 Å². The molecule has 7 nitrogen and oxygen atoms in total. The molecule has 0 aromatic heterocycles. The van der Waals surface area contributed by atoms with Gasteiger partial charge in [-0.05, 0) is 18.5 Å². The molecule has 0 bridgehead atoms. The van der Waals surface area contributed by atoms with Gasteiger partial charge in [-0.3, -0.25) is 14.4 Å². The van der Waals surface area contributed by atoms with Crippen molar-refractivity contribution in [3.8, 4) is 0 Å². The summed E-state index contributed by atoms with van der Waals surface area (Å²) in [7, 11) is 0. The van der Waals surface area contributed by atoms with Crippen molar-refractivity contribution in [2.75, 3.05) is 39.3 Å². The Hall–Kier alpha value is -2.41. The number of hydrogen-bond donors (Lipinski definition) is 1. The fraction of sp³-hybridized carbons (Fsp3) is 0.571. The standard InChI is InChI=1S/C21H30N4O3/c1-2-23-12-14-24(15-13-23)19(26)10-11-22-21(28)18-8-9-20(27)25(18)16-17-6-4-3-5-7-17/h3-7,18H,2,8-16H2,1H3,(H,22,28). The third kappa shape index (κ3) is 5.10. The van der Waals surface area contributed by atoms with E-state index in [1.807, 2.05) is 35.2 Å². The Morgan fingerprint density at radius 2 is 1.82 bits per heavy atom. The number of likely N-dealkylation sites (N-methyl/N-ethyl adjacent to an activating group) is 1. The van der Waals surface area contributed by atoms with Crippen molar-refractivity contribution in [3.05, 3.63) is 35.9 Å². The highest BCUT2D eigenvalue weighted by Gasteiger charge is 2.35. The van der Waals surface area contributed by atoms with Crippen LogP contribution >= 0.6 is 0 Å². The van der Waals surface area contributed by atoms with Gasteiger partial charge in [0, 0.05) is 52.1 Å². The quantitative estimate of drug-likeness (QED) is 0.754. The van der Waals surface area contributed by atoms with E-state index in [-0.39, 0.29) is 17.7 Å². The third-order valence-electron chi connectivity index (χ3n) is 5.64. The molecule has 3 rings (SSSR count). The van der Waals surface area contributed by atoms with E-state index in [1.54, 1.807) is 4.90 Å². The first-order valence-corrected chi connectivity index (χ1v) is 10.2. The maximum absolute atomic E-state index is 12.6. The van der Waals surface area contributed by atoms with Crippen LogP contribution in [0, 0.1) is 0 Å². The number of carbonyl (C=O) groups is 3. The molecule has 2 aliphatic heterocycles. The van der Waals surface area contributed by atoms with Gasteiger partial charge in [-0.25, -0.2) is 0 Å². The normalized spacial score (nSPS) is 20.5. The maximum atomic E-state index is 12.6. The van der Waals surface area contributed by atoms with Crippen LogP contribution in [-0.4, -0.2) is 77.7 Å². The molecular formula is C21H30N4O3. The Bertz CT molecular complexity index is 686. The number of amides is 3. The first-order valence-electron chi connectivity index (χ1n) is 10.2. The number of nitrogens with one attached hydrogen (secondary N) is 1. The first-order chi connectivity index (χ1) is 13.6. The lowest BCUT2D eigenvalue weighted by molar-refractivity contribution is -0.136. The summed E-state index contributed by atoms with van der Waals surface area (Å²) in [5, 5.41) is 2.86. The SMILES string of the molecule is CCN1CCN(C(=O)CCNC(=O)C2CCC(=O)N2Cc2ccccc2)CC1. The minimum atomic E-state index is -0.448. The highest BCUT2D eigenvalue weighted by Crippen LogP contribution is 2.21. The van der Waals surface area contributed by atoms with E-state index >= 15 is 0 Å². The van der Waals surface area contributed by atoms with Gasteiger partial charge < -0.3 is 20.0 Å². The van der Waals surface area contributed by atoms with E-state index in [4.69, 9.17) is 0 Å². The van der Waals surface area contributed by atoms with Gasteiger partial charge in [-0.15, -0.1) is 0 Å². The van der Waals surface area contributed by atoms with E-state index in [0.717, 1.165) is 38.3 Å². The molecular weight excluding hydrogens is 356 g/mol. The predicted molar refractivity (Wildman–Crippen MR) is 106 cm³/mol. The van der Waals surface area contributed by atoms with Crippen molar-refractivity contribution in [2.45, 2.75) is 38.8 Å². The second-order valence-electron chi connectivity index (χ2n) is 7.42. The Balaban J connectivity index is 1.45. The molecule has 28 heavy (non-hydrogen) atoms. The van der Waals surface area contributed by atoms with Crippen LogP contribution < -0.4 is 5.32 Å². The molecule has 2 heterocycles. The molecule has 1 aromatic carbocycles. The Morgan fingerprint density at radius 1 is 1.11 bits per heavy atom. The Labute approximate surface area is 166 Å². The average Bonchev–Trinajstić information content (AvgIpc) is 3.09. The van der Waals surface area contributed by atoms with Crippen molar-refractivity contribution in [1.82, 2.24) is 20.0 Å². The lowest BCUT2D eigenvalue weighted by Crippen LogP contribution is -2.49. The van der Waals surface area contributed by atoms with Gasteiger partial charge >= 0.3 is 0 Å². The number of benzene rings is 1. The molecule has 7 heteroatoms. The molecule has 2 saturated heterocycles. The first kappa shape index (κ1) is 20.3. The Morgan fingerprint density at radius 3 is 2.50 bits per heavy atom. The number of rotatable bonds is 7. The summed E-state index contributed by atoms with van der Waals surface area (Å²) >= 11 is 0. The smallest absolute Gasteiger partial charge is 0.242 e. The van der Waals surface area contributed by atoms with Crippen LogP contribution in [-0.2, 0) is 20.9 Å². The van der Waals surface area contributed by atoms with Gasteiger partial charge in [0.05, 0.1) is 0 Å². The van der Waals surface area contributed by atoms with Crippen LogP contribution in [0.1, 0.15) is 31.7 Å². The van der Waals surface area contributed by atoms with Gasteiger partial charge in [-0.1, -0.05) is 37.3 Å². The van der Waals surface area contributed by atoms with E-state index in [2.05, 4.69) is 17.1 Å². The van der Waals surface area contributed by atoms with Crippen molar-refractivity contribution in [2.24, 2.45) is 0 Å². The molecule has 0 radical (unpaired) electrons. The van der Waals surface area contributed by atoms with Crippen LogP contribution in [0.2, 0.25) is 0 Å². The summed E-state index contributed by atoms with van der Waals surface area (Å²) in [5.41, 5.74) is 1.01. The van der Waals surface area contributed by atoms with Crippen molar-refractivity contribution >= 4 is 17.7 Å². The summed E-state index contributed by atoms with van der Waals surface area (Å²) in [4.78, 5) is 43.0. The van der Waals surface area contributed by atoms with Gasteiger partial charge in [0.15, 0.2) is 0 Å². The zero-order chi connectivity index (χ0) is 19.9. The third-order valence-corrected chi connectivity index (χ3v) is 5.64. The van der Waals surface area contributed by atoms with E-state index in [0.29, 0.717) is 32.4 Å². The second-order valence-corrected chi connectivity index (χ2v) is 7.42. The number of likely N-dealkylation sites (tertiary alicyclic amines) is 1. The van der Waals surface area contributed by atoms with Gasteiger partial charge in [0.1, 0.15) is 6.04 Å². The minimum Gasteiger partial charge on any atom is -0.354 e. The minimum absolute atomic E-state index is 0.00822. The Kier molecular flexibility index (Phi) is 7.03. The number of piperazine rings is 1. The van der Waals surface area contributed by atoms with Crippen LogP contribution in [0.4, 0.5) is 0 Å². The van der Waals surface area contributed by atoms with Gasteiger partial charge in [0.2, 0.25) is 17.7 Å². The molecule has 1 N–H and O–H groups in total. The average molecular weight is 386 g/mol. The van der Waals surface area contributed by atoms with E-state index < -0.39 is 6.04 Å². The maximum Gasteiger partial charge on any atom is 0.242 e. The van der Waals surface area contributed by atoms with Gasteiger partial charge in [0.25, 0.3) is 0 Å². The molecule has 3 amide bonds. The zero-order valence-corrected chi connectivity index (χ0v) is 16.6. The molecule has 0 spiro atoms. The summed E-state index contributed by atoms with van der Waals surface area (Å²) in [6.45, 7) is 7.22. The second kappa shape index (κ2) is 9.68. The zero-order valence-electron chi connectivity index (χ0n) is 16.6. The van der Waals surface area contributed by atoms with E-state index in [9.17, 15) is 14.4 Å². The van der Waals surface area contributed by atoms with Crippen molar-refractivity contribution < 1.29 is 14.4 Å². The topological polar surface area (TPSA) is 73.0 Å². The molecule has 1 atom stereocenters. The highest BCUT2D eigenvalue weighted by molar-refractivity contribution is 5.91.